The van der Waals surface area contributed by atoms with E-state index in [1.807, 2.05) is 0 Å². The Labute approximate surface area is 82.2 Å². The van der Waals surface area contributed by atoms with Gasteiger partial charge in [-0.05, 0) is 12.2 Å². The zero-order valence-corrected chi connectivity index (χ0v) is 9.55. The molecule has 0 saturated carbocycles. The molecule has 1 unspecified atom stereocenters. The molecule has 0 rings (SSSR count). The van der Waals surface area contributed by atoms with Crippen LogP contribution in [0.3, 0.4) is 0 Å². The molecule has 0 N–H and O–H groups in total. The van der Waals surface area contributed by atoms with Crippen LogP contribution in [0.1, 0.15) is 45.4 Å². The standard InChI is InChI=1S/C10H21O2P/c1-3-5-6-7-8-9-10-12-13(11)4-2/h4,13H,2-3,5-10H2,1H3. The summed E-state index contributed by atoms with van der Waals surface area (Å²) in [4.78, 5) is 0. The number of hydrogen-bond acceptors (Lipinski definition) is 2. The molecule has 0 heterocycles. The molecule has 0 aliphatic heterocycles. The second-order valence-corrected chi connectivity index (χ2v) is 4.47. The Hall–Kier alpha value is -0.0700. The minimum absolute atomic E-state index is 0.621. The maximum absolute atomic E-state index is 10.8. The SMILES string of the molecule is C=C[PH](=O)OCCCCCCCC. The zero-order chi connectivity index (χ0) is 9.94. The fourth-order valence-electron chi connectivity index (χ4n) is 1.11. The van der Waals surface area contributed by atoms with E-state index in [1.165, 1.54) is 37.9 Å². The Morgan fingerprint density at radius 1 is 1.23 bits per heavy atom. The number of unbranched alkanes of at least 4 members (excludes halogenated alkanes) is 5. The fourth-order valence-corrected chi connectivity index (χ4v) is 1.58. The van der Waals surface area contributed by atoms with Gasteiger partial charge in [-0.1, -0.05) is 45.6 Å². The molecule has 0 aromatic carbocycles. The molecule has 2 nitrogen and oxygen atoms in total. The highest BCUT2D eigenvalue weighted by Gasteiger charge is 1.93. The van der Waals surface area contributed by atoms with E-state index in [4.69, 9.17) is 4.52 Å². The van der Waals surface area contributed by atoms with Gasteiger partial charge in [0.1, 0.15) is 0 Å². The summed E-state index contributed by atoms with van der Waals surface area (Å²) >= 11 is 0. The Kier molecular flexibility index (Phi) is 9.96. The van der Waals surface area contributed by atoms with Crippen molar-refractivity contribution < 1.29 is 9.09 Å². The summed E-state index contributed by atoms with van der Waals surface area (Å²) in [6.07, 6.45) is 7.39. The Morgan fingerprint density at radius 3 is 2.46 bits per heavy atom. The van der Waals surface area contributed by atoms with Gasteiger partial charge in [0.05, 0.1) is 6.61 Å². The molecule has 0 aromatic heterocycles. The van der Waals surface area contributed by atoms with Gasteiger partial charge in [0, 0.05) is 0 Å². The first-order chi connectivity index (χ1) is 6.31. The molecule has 0 bridgehead atoms. The first kappa shape index (κ1) is 12.9. The monoisotopic (exact) mass is 204 g/mol. The van der Waals surface area contributed by atoms with Crippen LogP contribution < -0.4 is 0 Å². The maximum Gasteiger partial charge on any atom is 0.213 e. The Morgan fingerprint density at radius 2 is 1.85 bits per heavy atom. The van der Waals surface area contributed by atoms with Gasteiger partial charge in [-0.15, -0.1) is 0 Å². The van der Waals surface area contributed by atoms with E-state index in [2.05, 4.69) is 13.5 Å². The number of rotatable bonds is 9. The molecular formula is C10H21O2P. The van der Waals surface area contributed by atoms with Crippen LogP contribution >= 0.6 is 8.03 Å². The van der Waals surface area contributed by atoms with Crippen LogP contribution in [0.5, 0.6) is 0 Å². The largest absolute Gasteiger partial charge is 0.328 e. The van der Waals surface area contributed by atoms with Crippen LogP contribution in [0.25, 0.3) is 0 Å². The van der Waals surface area contributed by atoms with Crippen LogP contribution in [-0.2, 0) is 9.09 Å². The lowest BCUT2D eigenvalue weighted by Gasteiger charge is -2.00. The first-order valence-electron chi connectivity index (χ1n) is 5.10. The van der Waals surface area contributed by atoms with E-state index in [-0.39, 0.29) is 0 Å². The van der Waals surface area contributed by atoms with E-state index < -0.39 is 8.03 Å². The van der Waals surface area contributed by atoms with Gasteiger partial charge in [-0.25, -0.2) is 0 Å². The highest BCUT2D eigenvalue weighted by Crippen LogP contribution is 2.22. The molecule has 0 radical (unpaired) electrons. The second-order valence-electron chi connectivity index (χ2n) is 3.14. The van der Waals surface area contributed by atoms with Crippen molar-refractivity contribution >= 4 is 8.03 Å². The predicted octanol–water partition coefficient (Wildman–Crippen LogP) is 3.98. The second kappa shape index (κ2) is 10.0. The molecule has 0 spiro atoms. The minimum Gasteiger partial charge on any atom is -0.328 e. The van der Waals surface area contributed by atoms with Gasteiger partial charge < -0.3 is 4.52 Å². The molecule has 78 valence electrons. The third-order valence-electron chi connectivity index (χ3n) is 1.91. The maximum atomic E-state index is 10.8. The third-order valence-corrected chi connectivity index (χ3v) is 2.73. The molecule has 0 aliphatic rings. The van der Waals surface area contributed by atoms with E-state index in [9.17, 15) is 4.57 Å². The molecule has 3 heteroatoms. The molecule has 0 amide bonds. The minimum atomic E-state index is -1.91. The summed E-state index contributed by atoms with van der Waals surface area (Å²) in [6.45, 7) is 6.24. The van der Waals surface area contributed by atoms with Gasteiger partial charge in [-0.3, -0.25) is 4.57 Å². The average Bonchev–Trinajstić information content (AvgIpc) is 2.16. The lowest BCUT2D eigenvalue weighted by molar-refractivity contribution is 0.320. The molecule has 1 atom stereocenters. The van der Waals surface area contributed by atoms with Gasteiger partial charge >= 0.3 is 0 Å². The van der Waals surface area contributed by atoms with Crippen molar-refractivity contribution in [1.82, 2.24) is 0 Å². The first-order valence-corrected chi connectivity index (χ1v) is 6.49. The molecule has 0 aromatic rings. The van der Waals surface area contributed by atoms with Crippen LogP contribution in [0.4, 0.5) is 0 Å². The van der Waals surface area contributed by atoms with Crippen molar-refractivity contribution in [2.75, 3.05) is 6.61 Å². The summed E-state index contributed by atoms with van der Waals surface area (Å²) < 4.78 is 15.8. The Balaban J connectivity index is 2.99. The van der Waals surface area contributed by atoms with Crippen molar-refractivity contribution in [2.24, 2.45) is 0 Å². The quantitative estimate of drug-likeness (QED) is 0.419. The van der Waals surface area contributed by atoms with Crippen molar-refractivity contribution in [1.29, 1.82) is 0 Å². The number of hydrogen-bond donors (Lipinski definition) is 0. The average molecular weight is 204 g/mol. The van der Waals surface area contributed by atoms with Crippen LogP contribution in [-0.4, -0.2) is 6.61 Å². The van der Waals surface area contributed by atoms with Gasteiger partial charge in [-0.2, -0.15) is 0 Å². The molecule has 0 fully saturated rings. The third kappa shape index (κ3) is 9.85. The van der Waals surface area contributed by atoms with E-state index >= 15 is 0 Å². The van der Waals surface area contributed by atoms with Crippen molar-refractivity contribution in [3.05, 3.63) is 12.4 Å². The predicted molar refractivity (Wildman–Crippen MR) is 58.5 cm³/mol. The molecular weight excluding hydrogens is 183 g/mol. The van der Waals surface area contributed by atoms with Gasteiger partial charge in [0.2, 0.25) is 8.03 Å². The van der Waals surface area contributed by atoms with E-state index in [0.29, 0.717) is 6.61 Å². The molecule has 13 heavy (non-hydrogen) atoms. The summed E-state index contributed by atoms with van der Waals surface area (Å²) in [5.74, 6) is 1.39. The lowest BCUT2D eigenvalue weighted by atomic mass is 10.1. The fraction of sp³-hybridized carbons (Fsp3) is 0.800. The normalized spacial score (nSPS) is 12.7. The highest BCUT2D eigenvalue weighted by molar-refractivity contribution is 7.42. The van der Waals surface area contributed by atoms with E-state index in [0.717, 1.165) is 6.42 Å². The van der Waals surface area contributed by atoms with Crippen molar-refractivity contribution in [2.45, 2.75) is 45.4 Å². The molecule has 0 aliphatic carbocycles. The smallest absolute Gasteiger partial charge is 0.213 e. The topological polar surface area (TPSA) is 26.3 Å². The molecule has 0 saturated heterocycles. The van der Waals surface area contributed by atoms with Crippen molar-refractivity contribution in [3.8, 4) is 0 Å². The zero-order valence-electron chi connectivity index (χ0n) is 8.55. The van der Waals surface area contributed by atoms with Gasteiger partial charge in [0.25, 0.3) is 0 Å². The summed E-state index contributed by atoms with van der Waals surface area (Å²) in [7, 11) is -1.91. The highest BCUT2D eigenvalue weighted by atomic mass is 31.1. The van der Waals surface area contributed by atoms with E-state index in [1.54, 1.807) is 0 Å². The van der Waals surface area contributed by atoms with Crippen LogP contribution in [0.15, 0.2) is 12.4 Å². The summed E-state index contributed by atoms with van der Waals surface area (Å²) in [5, 5.41) is 0. The lowest BCUT2D eigenvalue weighted by Crippen LogP contribution is -1.86. The summed E-state index contributed by atoms with van der Waals surface area (Å²) in [6, 6.07) is 0. The summed E-state index contributed by atoms with van der Waals surface area (Å²) in [5.41, 5.74) is 0. The van der Waals surface area contributed by atoms with Crippen LogP contribution in [0.2, 0.25) is 0 Å². The van der Waals surface area contributed by atoms with Crippen LogP contribution in [0, 0.1) is 0 Å². The Bertz CT molecular complexity index is 146. The van der Waals surface area contributed by atoms with Gasteiger partial charge in [0.15, 0.2) is 0 Å². The van der Waals surface area contributed by atoms with Crippen molar-refractivity contribution in [3.63, 3.8) is 0 Å².